The number of hydrazine groups is 1. The highest BCUT2D eigenvalue weighted by Crippen LogP contribution is 2.21. The van der Waals surface area contributed by atoms with Crippen LogP contribution in [0.1, 0.15) is 13.3 Å². The third-order valence-electron chi connectivity index (χ3n) is 2.07. The Morgan fingerprint density at radius 1 is 1.62 bits per heavy atom. The number of hydrogen-bond donors (Lipinski definition) is 3. The summed E-state index contributed by atoms with van der Waals surface area (Å²) in [4.78, 5) is 8.17. The second kappa shape index (κ2) is 6.62. The summed E-state index contributed by atoms with van der Waals surface area (Å²) in [6.07, 6.45) is 2.58. The molecule has 1 aromatic heterocycles. The van der Waals surface area contributed by atoms with Crippen molar-refractivity contribution in [2.75, 3.05) is 24.5 Å². The summed E-state index contributed by atoms with van der Waals surface area (Å²) < 4.78 is 5.89. The van der Waals surface area contributed by atoms with E-state index in [2.05, 4.69) is 43.6 Å². The number of rotatable bonds is 6. The van der Waals surface area contributed by atoms with Gasteiger partial charge < -0.3 is 10.1 Å². The first kappa shape index (κ1) is 13.1. The number of anilines is 2. The molecule has 0 aliphatic carbocycles. The van der Waals surface area contributed by atoms with Crippen molar-refractivity contribution in [3.63, 3.8) is 0 Å². The molecule has 1 unspecified atom stereocenters. The van der Waals surface area contributed by atoms with Gasteiger partial charge in [-0.2, -0.15) is 4.98 Å². The number of nitrogens with zero attached hydrogens (tertiary/aromatic N) is 2. The molecule has 0 aliphatic heterocycles. The minimum atomic E-state index is 0.210. The molecule has 90 valence electrons. The fourth-order valence-corrected chi connectivity index (χ4v) is 1.50. The molecule has 0 saturated carbocycles. The Hall–Kier alpha value is -0.920. The van der Waals surface area contributed by atoms with Crippen molar-refractivity contribution in [2.45, 2.75) is 19.4 Å². The molecule has 0 saturated heterocycles. The minimum absolute atomic E-state index is 0.210. The van der Waals surface area contributed by atoms with Crippen molar-refractivity contribution in [2.24, 2.45) is 5.84 Å². The Morgan fingerprint density at radius 3 is 2.94 bits per heavy atom. The van der Waals surface area contributed by atoms with Gasteiger partial charge in [-0.05, 0) is 22.4 Å². The third-order valence-corrected chi connectivity index (χ3v) is 2.66. The van der Waals surface area contributed by atoms with Crippen molar-refractivity contribution in [1.82, 2.24) is 9.97 Å². The summed E-state index contributed by atoms with van der Waals surface area (Å²) in [6.45, 7) is 2.70. The largest absolute Gasteiger partial charge is 0.383 e. The fourth-order valence-electron chi connectivity index (χ4n) is 1.19. The van der Waals surface area contributed by atoms with Crippen LogP contribution in [0.5, 0.6) is 0 Å². The maximum absolute atomic E-state index is 5.25. The Kier molecular flexibility index (Phi) is 5.44. The van der Waals surface area contributed by atoms with E-state index in [4.69, 9.17) is 10.6 Å². The number of halogens is 1. The lowest BCUT2D eigenvalue weighted by Crippen LogP contribution is -2.25. The quantitative estimate of drug-likeness (QED) is 0.542. The lowest BCUT2D eigenvalue weighted by Gasteiger charge is -2.17. The highest BCUT2D eigenvalue weighted by molar-refractivity contribution is 9.10. The van der Waals surface area contributed by atoms with Gasteiger partial charge in [0.05, 0.1) is 17.1 Å². The highest BCUT2D eigenvalue weighted by Gasteiger charge is 2.10. The molecule has 1 atom stereocenters. The summed E-state index contributed by atoms with van der Waals surface area (Å²) in [6, 6.07) is 0.210. The molecule has 1 rings (SSSR count). The predicted molar refractivity (Wildman–Crippen MR) is 67.1 cm³/mol. The van der Waals surface area contributed by atoms with Gasteiger partial charge in [0, 0.05) is 13.3 Å². The number of aromatic nitrogens is 2. The molecule has 0 fully saturated rings. The van der Waals surface area contributed by atoms with Gasteiger partial charge in [-0.15, -0.1) is 0 Å². The molecule has 4 N–H and O–H groups in total. The monoisotopic (exact) mass is 289 g/mol. The molecule has 6 nitrogen and oxygen atoms in total. The van der Waals surface area contributed by atoms with Crippen molar-refractivity contribution in [3.8, 4) is 0 Å². The van der Waals surface area contributed by atoms with Gasteiger partial charge >= 0.3 is 0 Å². The molecule has 0 spiro atoms. The first-order valence-corrected chi connectivity index (χ1v) is 5.75. The average molecular weight is 290 g/mol. The molecular formula is C9H16BrN5O. The van der Waals surface area contributed by atoms with Gasteiger partial charge in [-0.3, -0.25) is 5.43 Å². The molecule has 0 amide bonds. The van der Waals surface area contributed by atoms with Gasteiger partial charge in [-0.25, -0.2) is 10.8 Å². The maximum atomic E-state index is 5.25. The minimum Gasteiger partial charge on any atom is -0.383 e. The normalized spacial score (nSPS) is 12.2. The molecule has 1 aromatic rings. The van der Waals surface area contributed by atoms with Crippen molar-refractivity contribution < 1.29 is 4.74 Å². The molecule has 0 aromatic carbocycles. The van der Waals surface area contributed by atoms with Crippen LogP contribution in [-0.2, 0) is 4.74 Å². The second-order valence-corrected chi connectivity index (χ2v) is 4.09. The van der Waals surface area contributed by atoms with Crippen LogP contribution in [0.3, 0.4) is 0 Å². The van der Waals surface area contributed by atoms with Gasteiger partial charge in [0.1, 0.15) is 5.82 Å². The van der Waals surface area contributed by atoms with Crippen LogP contribution >= 0.6 is 15.9 Å². The lowest BCUT2D eigenvalue weighted by molar-refractivity contribution is 0.184. The van der Waals surface area contributed by atoms with E-state index in [0.717, 1.165) is 10.9 Å². The Morgan fingerprint density at radius 2 is 2.38 bits per heavy atom. The zero-order valence-electron chi connectivity index (χ0n) is 9.33. The molecule has 0 bridgehead atoms. The smallest absolute Gasteiger partial charge is 0.239 e. The van der Waals surface area contributed by atoms with Crippen LogP contribution < -0.4 is 16.6 Å². The number of methoxy groups -OCH3 is 1. The van der Waals surface area contributed by atoms with Crippen LogP contribution in [0.4, 0.5) is 11.8 Å². The Bertz CT molecular complexity index is 336. The molecule has 16 heavy (non-hydrogen) atoms. The maximum Gasteiger partial charge on any atom is 0.239 e. The van der Waals surface area contributed by atoms with Crippen molar-refractivity contribution in [3.05, 3.63) is 10.7 Å². The molecular weight excluding hydrogens is 274 g/mol. The summed E-state index contributed by atoms with van der Waals surface area (Å²) in [5.74, 6) is 6.32. The first-order valence-electron chi connectivity index (χ1n) is 4.95. The van der Waals surface area contributed by atoms with E-state index in [1.165, 1.54) is 0 Å². The van der Waals surface area contributed by atoms with Gasteiger partial charge in [0.15, 0.2) is 0 Å². The molecule has 0 radical (unpaired) electrons. The SMILES string of the molecule is CCC(COC)Nc1nc(NN)ncc1Br. The van der Waals surface area contributed by atoms with Crippen LogP contribution in [0.2, 0.25) is 0 Å². The van der Waals surface area contributed by atoms with E-state index in [-0.39, 0.29) is 6.04 Å². The lowest BCUT2D eigenvalue weighted by atomic mass is 10.2. The van der Waals surface area contributed by atoms with Crippen LogP contribution in [0.15, 0.2) is 10.7 Å². The van der Waals surface area contributed by atoms with E-state index >= 15 is 0 Å². The van der Waals surface area contributed by atoms with E-state index < -0.39 is 0 Å². The van der Waals surface area contributed by atoms with Crippen molar-refractivity contribution >= 4 is 27.7 Å². The molecule has 7 heteroatoms. The van der Waals surface area contributed by atoms with Crippen molar-refractivity contribution in [1.29, 1.82) is 0 Å². The average Bonchev–Trinajstić information content (AvgIpc) is 2.31. The predicted octanol–water partition coefficient (Wildman–Crippen LogP) is 1.36. The van der Waals surface area contributed by atoms with E-state index in [1.807, 2.05) is 0 Å². The first-order chi connectivity index (χ1) is 7.71. The number of nitrogens with two attached hydrogens (primary N) is 1. The van der Waals surface area contributed by atoms with Crippen LogP contribution in [-0.4, -0.2) is 29.7 Å². The zero-order valence-corrected chi connectivity index (χ0v) is 10.9. The molecule has 1 heterocycles. The standard InChI is InChI=1S/C9H16BrN5O/c1-3-6(5-16-2)13-8-7(10)4-12-9(14-8)15-11/h4,6H,3,5,11H2,1-2H3,(H2,12,13,14,15). The van der Waals surface area contributed by atoms with Crippen LogP contribution in [0, 0.1) is 0 Å². The zero-order chi connectivity index (χ0) is 12.0. The second-order valence-electron chi connectivity index (χ2n) is 3.24. The summed E-state index contributed by atoms with van der Waals surface area (Å²) >= 11 is 3.37. The Labute approximate surface area is 103 Å². The topological polar surface area (TPSA) is 85.1 Å². The Balaban J connectivity index is 2.77. The fraction of sp³-hybridized carbons (Fsp3) is 0.556. The van der Waals surface area contributed by atoms with Gasteiger partial charge in [0.2, 0.25) is 5.95 Å². The number of ether oxygens (including phenoxy) is 1. The third kappa shape index (κ3) is 3.58. The number of nitrogens with one attached hydrogen (secondary N) is 2. The van der Waals surface area contributed by atoms with E-state index in [1.54, 1.807) is 13.3 Å². The summed E-state index contributed by atoms with van der Waals surface area (Å²) in [5.41, 5.74) is 2.40. The summed E-state index contributed by atoms with van der Waals surface area (Å²) in [5, 5.41) is 3.25. The highest BCUT2D eigenvalue weighted by atomic mass is 79.9. The summed E-state index contributed by atoms with van der Waals surface area (Å²) in [7, 11) is 1.67. The van der Waals surface area contributed by atoms with Gasteiger partial charge in [0.25, 0.3) is 0 Å². The number of nitrogen functional groups attached to an aromatic ring is 1. The number of hydrogen-bond acceptors (Lipinski definition) is 6. The van der Waals surface area contributed by atoms with E-state index in [0.29, 0.717) is 18.4 Å². The van der Waals surface area contributed by atoms with Gasteiger partial charge in [-0.1, -0.05) is 6.92 Å². The molecule has 0 aliphatic rings. The van der Waals surface area contributed by atoms with Crippen LogP contribution in [0.25, 0.3) is 0 Å². The van der Waals surface area contributed by atoms with E-state index in [9.17, 15) is 0 Å².